The number of fused-ring (bicyclic) bond motifs is 1. The van der Waals surface area contributed by atoms with E-state index in [9.17, 15) is 9.90 Å². The van der Waals surface area contributed by atoms with Gasteiger partial charge in [-0.2, -0.15) is 11.8 Å². The summed E-state index contributed by atoms with van der Waals surface area (Å²) in [6.07, 6.45) is 5.99. The molecule has 2 aromatic carbocycles. The van der Waals surface area contributed by atoms with Crippen LogP contribution in [0, 0.1) is 0 Å². The predicted octanol–water partition coefficient (Wildman–Crippen LogP) is 4.24. The van der Waals surface area contributed by atoms with Gasteiger partial charge in [0.2, 0.25) is 0 Å². The minimum atomic E-state index is -0.877. The van der Waals surface area contributed by atoms with Crippen molar-refractivity contribution < 1.29 is 9.90 Å². The lowest BCUT2D eigenvalue weighted by Gasteiger charge is -2.40. The van der Waals surface area contributed by atoms with Crippen LogP contribution in [0.25, 0.3) is 10.8 Å². The summed E-state index contributed by atoms with van der Waals surface area (Å²) in [7, 11) is 0. The second kappa shape index (κ2) is 5.60. The minimum Gasteiger partial charge on any atom is -0.478 e. The van der Waals surface area contributed by atoms with E-state index in [4.69, 9.17) is 0 Å². The van der Waals surface area contributed by atoms with Crippen molar-refractivity contribution in [1.29, 1.82) is 0 Å². The third-order valence-electron chi connectivity index (χ3n) is 4.45. The van der Waals surface area contributed by atoms with Gasteiger partial charge in [-0.25, -0.2) is 4.79 Å². The highest BCUT2D eigenvalue weighted by molar-refractivity contribution is 8.00. The van der Waals surface area contributed by atoms with Crippen molar-refractivity contribution >= 4 is 34.2 Å². The van der Waals surface area contributed by atoms with Gasteiger partial charge in [0.1, 0.15) is 0 Å². The van der Waals surface area contributed by atoms with Gasteiger partial charge in [0.15, 0.2) is 0 Å². The number of rotatable bonds is 5. The molecule has 0 aliphatic heterocycles. The zero-order chi connectivity index (χ0) is 14.9. The Labute approximate surface area is 128 Å². The van der Waals surface area contributed by atoms with E-state index < -0.39 is 5.97 Å². The van der Waals surface area contributed by atoms with Crippen molar-refractivity contribution in [1.82, 2.24) is 0 Å². The van der Waals surface area contributed by atoms with Crippen molar-refractivity contribution in [2.75, 3.05) is 18.1 Å². The molecule has 21 heavy (non-hydrogen) atoms. The van der Waals surface area contributed by atoms with Crippen molar-refractivity contribution in [2.24, 2.45) is 0 Å². The van der Waals surface area contributed by atoms with Gasteiger partial charge in [0, 0.05) is 22.4 Å². The average molecular weight is 301 g/mol. The van der Waals surface area contributed by atoms with Crippen molar-refractivity contribution in [3.8, 4) is 0 Å². The minimum absolute atomic E-state index is 0.354. The van der Waals surface area contributed by atoms with Crippen LogP contribution in [-0.4, -0.2) is 28.6 Å². The van der Waals surface area contributed by atoms with Crippen LogP contribution in [0.1, 0.15) is 29.6 Å². The van der Waals surface area contributed by atoms with Gasteiger partial charge in [-0.3, -0.25) is 0 Å². The first-order chi connectivity index (χ1) is 10.2. The molecule has 0 unspecified atom stereocenters. The third kappa shape index (κ3) is 2.60. The monoisotopic (exact) mass is 301 g/mol. The first-order valence-corrected chi connectivity index (χ1v) is 8.42. The Morgan fingerprint density at radius 3 is 2.52 bits per heavy atom. The quantitative estimate of drug-likeness (QED) is 0.867. The normalized spacial score (nSPS) is 16.4. The van der Waals surface area contributed by atoms with Gasteiger partial charge in [0.05, 0.1) is 5.56 Å². The summed E-state index contributed by atoms with van der Waals surface area (Å²) in [6.45, 7) is 0.935. The fourth-order valence-corrected chi connectivity index (χ4v) is 3.83. The molecule has 0 atom stereocenters. The van der Waals surface area contributed by atoms with Gasteiger partial charge in [-0.15, -0.1) is 0 Å². The average Bonchev–Trinajstić information content (AvgIpc) is 2.46. The molecule has 0 heterocycles. The summed E-state index contributed by atoms with van der Waals surface area (Å²) < 4.78 is 0.354. The number of benzene rings is 2. The van der Waals surface area contributed by atoms with Crippen LogP contribution in [0.15, 0.2) is 36.4 Å². The number of hydrogen-bond donors (Lipinski definition) is 2. The van der Waals surface area contributed by atoms with Crippen LogP contribution in [0.4, 0.5) is 5.69 Å². The largest absolute Gasteiger partial charge is 0.478 e. The smallest absolute Gasteiger partial charge is 0.336 e. The second-order valence-electron chi connectivity index (χ2n) is 5.61. The molecule has 4 heteroatoms. The predicted molar refractivity (Wildman–Crippen MR) is 89.5 cm³/mol. The molecular weight excluding hydrogens is 282 g/mol. The van der Waals surface area contributed by atoms with Crippen molar-refractivity contribution in [3.63, 3.8) is 0 Å². The Bertz CT molecular complexity index is 674. The number of anilines is 1. The molecule has 1 saturated carbocycles. The van der Waals surface area contributed by atoms with E-state index in [1.807, 2.05) is 42.1 Å². The van der Waals surface area contributed by atoms with Crippen LogP contribution in [0.5, 0.6) is 0 Å². The van der Waals surface area contributed by atoms with E-state index in [0.717, 1.165) is 23.0 Å². The summed E-state index contributed by atoms with van der Waals surface area (Å²) in [5, 5.41) is 14.6. The third-order valence-corrected chi connectivity index (χ3v) is 5.87. The molecular formula is C17H19NO2S. The summed E-state index contributed by atoms with van der Waals surface area (Å²) in [5.41, 5.74) is 1.38. The molecule has 0 amide bonds. The molecule has 3 nitrogen and oxygen atoms in total. The first kappa shape index (κ1) is 14.3. The molecule has 1 fully saturated rings. The zero-order valence-corrected chi connectivity index (χ0v) is 12.9. The van der Waals surface area contributed by atoms with E-state index in [2.05, 4.69) is 11.6 Å². The first-order valence-electron chi connectivity index (χ1n) is 7.19. The number of aromatic carboxylic acids is 1. The fourth-order valence-electron chi connectivity index (χ4n) is 2.92. The van der Waals surface area contributed by atoms with Crippen molar-refractivity contribution in [2.45, 2.75) is 24.0 Å². The topological polar surface area (TPSA) is 49.3 Å². The Balaban J connectivity index is 1.93. The highest BCUT2D eigenvalue weighted by Gasteiger charge is 2.35. The van der Waals surface area contributed by atoms with E-state index in [-0.39, 0.29) is 0 Å². The molecule has 110 valence electrons. The van der Waals surface area contributed by atoms with Gasteiger partial charge in [0.25, 0.3) is 0 Å². The molecule has 2 N–H and O–H groups in total. The summed E-state index contributed by atoms with van der Waals surface area (Å²) in [5.74, 6) is -0.877. The number of thioether (sulfide) groups is 1. The molecule has 1 aliphatic rings. The van der Waals surface area contributed by atoms with E-state index in [1.165, 1.54) is 19.3 Å². The lowest BCUT2D eigenvalue weighted by atomic mass is 9.84. The lowest BCUT2D eigenvalue weighted by molar-refractivity contribution is 0.0699. The highest BCUT2D eigenvalue weighted by atomic mass is 32.2. The summed E-state index contributed by atoms with van der Waals surface area (Å²) in [4.78, 5) is 11.3. The molecule has 2 aromatic rings. The fraction of sp³-hybridized carbons (Fsp3) is 0.353. The molecule has 1 aliphatic carbocycles. The molecule has 0 radical (unpaired) electrons. The SMILES string of the molecule is CSC1(CNc2ccc(C(=O)O)c3ccccc23)CCC1. The molecule has 0 spiro atoms. The molecule has 0 bridgehead atoms. The summed E-state index contributed by atoms with van der Waals surface area (Å²) >= 11 is 1.94. The number of carboxylic acids is 1. The highest BCUT2D eigenvalue weighted by Crippen LogP contribution is 2.43. The van der Waals surface area contributed by atoms with E-state index in [1.54, 1.807) is 6.07 Å². The van der Waals surface area contributed by atoms with Crippen LogP contribution >= 0.6 is 11.8 Å². The summed E-state index contributed by atoms with van der Waals surface area (Å²) in [6, 6.07) is 11.3. The maximum absolute atomic E-state index is 11.3. The van der Waals surface area contributed by atoms with Gasteiger partial charge < -0.3 is 10.4 Å². The Morgan fingerprint density at radius 1 is 1.24 bits per heavy atom. The lowest BCUT2D eigenvalue weighted by Crippen LogP contribution is -2.40. The standard InChI is InChI=1S/C17H19NO2S/c1-21-17(9-4-10-17)11-18-15-8-7-14(16(19)20)12-5-2-3-6-13(12)15/h2-3,5-8,18H,4,9-11H2,1H3,(H,19,20). The van der Waals surface area contributed by atoms with Crippen LogP contribution in [0.3, 0.4) is 0 Å². The molecule has 0 saturated heterocycles. The number of nitrogens with one attached hydrogen (secondary N) is 1. The van der Waals surface area contributed by atoms with E-state index in [0.29, 0.717) is 10.3 Å². The molecule has 3 rings (SSSR count). The zero-order valence-electron chi connectivity index (χ0n) is 12.1. The maximum atomic E-state index is 11.3. The van der Waals surface area contributed by atoms with Crippen LogP contribution < -0.4 is 5.32 Å². The van der Waals surface area contributed by atoms with Gasteiger partial charge >= 0.3 is 5.97 Å². The number of carbonyl (C=O) groups is 1. The Kier molecular flexibility index (Phi) is 3.81. The van der Waals surface area contributed by atoms with Crippen LogP contribution in [0.2, 0.25) is 0 Å². The van der Waals surface area contributed by atoms with Gasteiger partial charge in [-0.1, -0.05) is 30.7 Å². The van der Waals surface area contributed by atoms with Crippen LogP contribution in [-0.2, 0) is 0 Å². The number of hydrogen-bond acceptors (Lipinski definition) is 3. The van der Waals surface area contributed by atoms with Gasteiger partial charge in [-0.05, 0) is 36.6 Å². The van der Waals surface area contributed by atoms with Crippen molar-refractivity contribution in [3.05, 3.63) is 42.0 Å². The maximum Gasteiger partial charge on any atom is 0.336 e. The number of carboxylic acid groups (broad SMARTS) is 1. The van der Waals surface area contributed by atoms with E-state index >= 15 is 0 Å². The molecule has 0 aromatic heterocycles. The Hall–Kier alpha value is -1.68. The Morgan fingerprint density at radius 2 is 1.95 bits per heavy atom. The second-order valence-corrected chi connectivity index (χ2v) is 6.88.